The van der Waals surface area contributed by atoms with E-state index in [2.05, 4.69) is 4.98 Å². The van der Waals surface area contributed by atoms with Crippen LogP contribution in [0.3, 0.4) is 0 Å². The number of benzene rings is 1. The van der Waals surface area contributed by atoms with E-state index in [4.69, 9.17) is 0 Å². The molecule has 98 valence electrons. The molecule has 1 aromatic carbocycles. The fourth-order valence-corrected chi connectivity index (χ4v) is 2.57. The van der Waals surface area contributed by atoms with Gasteiger partial charge in [-0.05, 0) is 31.4 Å². The Morgan fingerprint density at radius 2 is 1.95 bits per heavy atom. The first-order valence-electron chi connectivity index (χ1n) is 6.63. The highest BCUT2D eigenvalue weighted by Crippen LogP contribution is 2.28. The first kappa shape index (κ1) is 12.0. The Morgan fingerprint density at radius 3 is 2.74 bits per heavy atom. The van der Waals surface area contributed by atoms with E-state index in [1.165, 1.54) is 6.42 Å². The Bertz CT molecular complexity index is 619. The molecule has 1 amide bonds. The third-order valence-electron chi connectivity index (χ3n) is 3.62. The number of phenolic OH excluding ortho intramolecular Hbond substituents is 1. The van der Waals surface area contributed by atoms with E-state index in [0.717, 1.165) is 31.3 Å². The third kappa shape index (κ3) is 2.14. The standard InChI is InChI=1S/C15H16N2O2/c18-14-12(15(19)17-9-2-1-3-10-17)7-6-11-5-4-8-16-13(11)14/h4-8,18H,1-3,9-10H2. The van der Waals surface area contributed by atoms with E-state index in [1.54, 1.807) is 12.3 Å². The summed E-state index contributed by atoms with van der Waals surface area (Å²) in [5.41, 5.74) is 0.846. The predicted molar refractivity (Wildman–Crippen MR) is 73.2 cm³/mol. The van der Waals surface area contributed by atoms with Gasteiger partial charge in [0.2, 0.25) is 0 Å². The molecule has 2 heterocycles. The van der Waals surface area contributed by atoms with Gasteiger partial charge in [-0.25, -0.2) is 0 Å². The number of piperidine rings is 1. The van der Waals surface area contributed by atoms with Crippen molar-refractivity contribution in [2.45, 2.75) is 19.3 Å². The Morgan fingerprint density at radius 1 is 1.16 bits per heavy atom. The summed E-state index contributed by atoms with van der Waals surface area (Å²) in [5.74, 6) is -0.0987. The zero-order valence-corrected chi connectivity index (χ0v) is 10.7. The van der Waals surface area contributed by atoms with E-state index in [1.807, 2.05) is 23.1 Å². The molecule has 1 aliphatic rings. The molecule has 1 N–H and O–H groups in total. The summed E-state index contributed by atoms with van der Waals surface area (Å²) in [5, 5.41) is 11.1. The molecule has 0 saturated carbocycles. The van der Waals surface area contributed by atoms with E-state index in [0.29, 0.717) is 11.1 Å². The molecule has 19 heavy (non-hydrogen) atoms. The maximum Gasteiger partial charge on any atom is 0.257 e. The molecule has 1 fully saturated rings. The van der Waals surface area contributed by atoms with Crippen molar-refractivity contribution in [2.75, 3.05) is 13.1 Å². The molecule has 1 saturated heterocycles. The quantitative estimate of drug-likeness (QED) is 0.853. The molecular formula is C15H16N2O2. The van der Waals surface area contributed by atoms with Crippen LogP contribution < -0.4 is 0 Å². The SMILES string of the molecule is O=C(c1ccc2cccnc2c1O)N1CCCCC1. The average Bonchev–Trinajstić information content (AvgIpc) is 2.48. The summed E-state index contributed by atoms with van der Waals surface area (Å²) < 4.78 is 0. The fraction of sp³-hybridized carbons (Fsp3) is 0.333. The molecule has 4 nitrogen and oxygen atoms in total. The van der Waals surface area contributed by atoms with Crippen LogP contribution in [-0.4, -0.2) is 34.0 Å². The van der Waals surface area contributed by atoms with Gasteiger partial charge in [0.15, 0.2) is 5.75 Å². The zero-order chi connectivity index (χ0) is 13.2. The highest BCUT2D eigenvalue weighted by molar-refractivity contribution is 6.02. The summed E-state index contributed by atoms with van der Waals surface area (Å²) in [6.45, 7) is 1.55. The lowest BCUT2D eigenvalue weighted by Gasteiger charge is -2.27. The number of hydrogen-bond donors (Lipinski definition) is 1. The minimum atomic E-state index is -0.0928. The van der Waals surface area contributed by atoms with Crippen LogP contribution in [0.5, 0.6) is 5.75 Å². The van der Waals surface area contributed by atoms with Crippen molar-refractivity contribution in [2.24, 2.45) is 0 Å². The number of carbonyl (C=O) groups is 1. The second-order valence-electron chi connectivity index (χ2n) is 4.89. The van der Waals surface area contributed by atoms with Crippen LogP contribution >= 0.6 is 0 Å². The lowest BCUT2D eigenvalue weighted by molar-refractivity contribution is 0.0721. The van der Waals surface area contributed by atoms with Gasteiger partial charge in [0.25, 0.3) is 5.91 Å². The summed E-state index contributed by atoms with van der Waals surface area (Å²) in [4.78, 5) is 18.4. The predicted octanol–water partition coefficient (Wildman–Crippen LogP) is 2.57. The fourth-order valence-electron chi connectivity index (χ4n) is 2.57. The van der Waals surface area contributed by atoms with E-state index in [-0.39, 0.29) is 11.7 Å². The van der Waals surface area contributed by atoms with Crippen LogP contribution in [0.1, 0.15) is 29.6 Å². The molecular weight excluding hydrogens is 240 g/mol. The Labute approximate surface area is 111 Å². The van der Waals surface area contributed by atoms with Crippen molar-refractivity contribution in [3.63, 3.8) is 0 Å². The topological polar surface area (TPSA) is 53.4 Å². The van der Waals surface area contributed by atoms with Gasteiger partial charge >= 0.3 is 0 Å². The van der Waals surface area contributed by atoms with Gasteiger partial charge in [-0.1, -0.05) is 12.1 Å². The maximum absolute atomic E-state index is 12.4. The van der Waals surface area contributed by atoms with Crippen LogP contribution in [-0.2, 0) is 0 Å². The van der Waals surface area contributed by atoms with Crippen LogP contribution in [0.15, 0.2) is 30.5 Å². The van der Waals surface area contributed by atoms with Gasteiger partial charge < -0.3 is 10.0 Å². The number of aromatic hydroxyl groups is 1. The highest BCUT2D eigenvalue weighted by atomic mass is 16.3. The number of likely N-dealkylation sites (tertiary alicyclic amines) is 1. The smallest absolute Gasteiger partial charge is 0.257 e. The molecule has 0 unspecified atom stereocenters. The van der Waals surface area contributed by atoms with Gasteiger partial charge in [-0.2, -0.15) is 0 Å². The van der Waals surface area contributed by atoms with E-state index >= 15 is 0 Å². The molecule has 1 aromatic heterocycles. The summed E-state index contributed by atoms with van der Waals surface area (Å²) >= 11 is 0. The van der Waals surface area contributed by atoms with Crippen LogP contribution in [0.25, 0.3) is 10.9 Å². The minimum Gasteiger partial charge on any atom is -0.505 e. The Kier molecular flexibility index (Phi) is 3.07. The number of hydrogen-bond acceptors (Lipinski definition) is 3. The van der Waals surface area contributed by atoms with Crippen molar-refractivity contribution in [1.29, 1.82) is 0 Å². The second-order valence-corrected chi connectivity index (χ2v) is 4.89. The summed E-state index contributed by atoms with van der Waals surface area (Å²) in [7, 11) is 0. The monoisotopic (exact) mass is 256 g/mol. The number of amides is 1. The Hall–Kier alpha value is -2.10. The van der Waals surface area contributed by atoms with Gasteiger partial charge in [-0.3, -0.25) is 9.78 Å². The van der Waals surface area contributed by atoms with Crippen molar-refractivity contribution in [1.82, 2.24) is 9.88 Å². The lowest BCUT2D eigenvalue weighted by atomic mass is 10.1. The molecule has 0 bridgehead atoms. The minimum absolute atomic E-state index is 0.00586. The Balaban J connectivity index is 2.00. The van der Waals surface area contributed by atoms with Crippen molar-refractivity contribution >= 4 is 16.8 Å². The maximum atomic E-state index is 12.4. The molecule has 0 spiro atoms. The van der Waals surface area contributed by atoms with Crippen molar-refractivity contribution in [3.8, 4) is 5.75 Å². The molecule has 3 rings (SSSR count). The van der Waals surface area contributed by atoms with Crippen LogP contribution in [0, 0.1) is 0 Å². The average molecular weight is 256 g/mol. The van der Waals surface area contributed by atoms with Gasteiger partial charge in [0, 0.05) is 24.7 Å². The number of rotatable bonds is 1. The van der Waals surface area contributed by atoms with Crippen molar-refractivity contribution < 1.29 is 9.90 Å². The lowest BCUT2D eigenvalue weighted by Crippen LogP contribution is -2.35. The second kappa shape index (κ2) is 4.88. The molecule has 2 aromatic rings. The normalized spacial score (nSPS) is 15.7. The number of carbonyl (C=O) groups excluding carboxylic acids is 1. The van der Waals surface area contributed by atoms with Crippen molar-refractivity contribution in [3.05, 3.63) is 36.0 Å². The summed E-state index contributed by atoms with van der Waals surface area (Å²) in [6, 6.07) is 7.21. The first-order valence-corrected chi connectivity index (χ1v) is 6.63. The third-order valence-corrected chi connectivity index (χ3v) is 3.62. The zero-order valence-electron chi connectivity index (χ0n) is 10.7. The number of fused-ring (bicyclic) bond motifs is 1. The van der Waals surface area contributed by atoms with Gasteiger partial charge in [0.05, 0.1) is 5.56 Å². The first-order chi connectivity index (χ1) is 9.27. The van der Waals surface area contributed by atoms with Gasteiger partial charge in [0.1, 0.15) is 5.52 Å². The van der Waals surface area contributed by atoms with Gasteiger partial charge in [-0.15, -0.1) is 0 Å². The van der Waals surface area contributed by atoms with Crippen LogP contribution in [0.2, 0.25) is 0 Å². The molecule has 1 aliphatic heterocycles. The largest absolute Gasteiger partial charge is 0.505 e. The number of aromatic nitrogens is 1. The number of phenols is 1. The number of pyridine rings is 1. The van der Waals surface area contributed by atoms with E-state index in [9.17, 15) is 9.90 Å². The highest BCUT2D eigenvalue weighted by Gasteiger charge is 2.22. The van der Waals surface area contributed by atoms with Crippen LogP contribution in [0.4, 0.5) is 0 Å². The van der Waals surface area contributed by atoms with E-state index < -0.39 is 0 Å². The molecule has 4 heteroatoms. The molecule has 0 atom stereocenters. The number of nitrogens with zero attached hydrogens (tertiary/aromatic N) is 2. The summed E-state index contributed by atoms with van der Waals surface area (Å²) in [6.07, 6.45) is 4.88. The molecule has 0 radical (unpaired) electrons. The molecule has 0 aliphatic carbocycles.